The highest BCUT2D eigenvalue weighted by molar-refractivity contribution is 6.35. The van der Waals surface area contributed by atoms with Gasteiger partial charge in [0.2, 0.25) is 0 Å². The number of benzene rings is 3. The van der Waals surface area contributed by atoms with E-state index in [-0.39, 0.29) is 27.9 Å². The van der Waals surface area contributed by atoms with Crippen LogP contribution in [0.15, 0.2) is 54.6 Å². The second-order valence-electron chi connectivity index (χ2n) is 7.57. The zero-order valence-corrected chi connectivity index (χ0v) is 18.1. The van der Waals surface area contributed by atoms with E-state index < -0.39 is 29.4 Å². The summed E-state index contributed by atoms with van der Waals surface area (Å²) in [5.41, 5.74) is 2.58. The number of carbonyl (C=O) groups is 4. The number of esters is 1. The Balaban J connectivity index is 1.65. The topological polar surface area (TPSA) is 113 Å². The van der Waals surface area contributed by atoms with Crippen molar-refractivity contribution in [1.82, 2.24) is 0 Å². The van der Waals surface area contributed by atoms with E-state index in [4.69, 9.17) is 0 Å². The van der Waals surface area contributed by atoms with Gasteiger partial charge >= 0.3 is 5.97 Å². The van der Waals surface area contributed by atoms with Crippen molar-refractivity contribution in [2.75, 3.05) is 17.3 Å². The molecule has 3 aromatic carbocycles. The number of carbonyl (C=O) groups excluding carboxylic acids is 4. The van der Waals surface area contributed by atoms with E-state index >= 15 is 0 Å². The molecule has 8 heteroatoms. The first-order valence-corrected chi connectivity index (χ1v) is 10.0. The van der Waals surface area contributed by atoms with Crippen LogP contribution in [0.25, 0.3) is 0 Å². The van der Waals surface area contributed by atoms with Crippen LogP contribution >= 0.6 is 0 Å². The number of aromatic hydroxyl groups is 1. The van der Waals surface area contributed by atoms with E-state index in [9.17, 15) is 24.3 Å². The number of nitrogens with zero attached hydrogens (tertiary/aromatic N) is 1. The minimum absolute atomic E-state index is 0.00261. The number of imide groups is 1. The largest absolute Gasteiger partial charge is 0.505 e. The second-order valence-corrected chi connectivity index (χ2v) is 7.57. The van der Waals surface area contributed by atoms with Crippen LogP contribution in [0.4, 0.5) is 11.4 Å². The molecule has 0 saturated carbocycles. The van der Waals surface area contributed by atoms with Crippen LogP contribution in [0.3, 0.4) is 0 Å². The van der Waals surface area contributed by atoms with Gasteiger partial charge in [-0.3, -0.25) is 14.4 Å². The number of methoxy groups -OCH3 is 1. The van der Waals surface area contributed by atoms with Gasteiger partial charge in [-0.25, -0.2) is 9.69 Å². The molecule has 0 aromatic heterocycles. The van der Waals surface area contributed by atoms with Crippen molar-refractivity contribution in [2.24, 2.45) is 0 Å². The molecular weight excluding hydrogens is 424 g/mol. The average molecular weight is 444 g/mol. The first-order valence-electron chi connectivity index (χ1n) is 10.0. The highest BCUT2D eigenvalue weighted by atomic mass is 16.5. The number of hydrogen-bond acceptors (Lipinski definition) is 6. The SMILES string of the molecule is COC(=O)c1cccc(NC(=O)c2ccc3c(c2)C(=O)N(c2cccc(C)c2C)C3=O)c1O. The number of phenolic OH excluding ortho intramolecular Hbond substituents is 1. The van der Waals surface area contributed by atoms with Crippen LogP contribution in [0, 0.1) is 13.8 Å². The molecule has 4 rings (SSSR count). The van der Waals surface area contributed by atoms with Gasteiger partial charge in [-0.1, -0.05) is 18.2 Å². The van der Waals surface area contributed by atoms with Gasteiger partial charge in [-0.15, -0.1) is 0 Å². The van der Waals surface area contributed by atoms with Crippen molar-refractivity contribution in [3.63, 3.8) is 0 Å². The summed E-state index contributed by atoms with van der Waals surface area (Å²) in [5.74, 6) is -2.79. The molecule has 0 saturated heterocycles. The molecule has 0 aliphatic carbocycles. The zero-order valence-electron chi connectivity index (χ0n) is 18.1. The zero-order chi connectivity index (χ0) is 23.9. The maximum atomic E-state index is 13.1. The Morgan fingerprint density at radius 2 is 1.64 bits per heavy atom. The molecule has 0 spiro atoms. The molecule has 1 aliphatic heterocycles. The molecule has 0 fully saturated rings. The predicted molar refractivity (Wildman–Crippen MR) is 121 cm³/mol. The third-order valence-corrected chi connectivity index (χ3v) is 5.66. The highest BCUT2D eigenvalue weighted by Crippen LogP contribution is 2.33. The fourth-order valence-corrected chi connectivity index (χ4v) is 3.69. The van der Waals surface area contributed by atoms with Gasteiger partial charge in [0.25, 0.3) is 17.7 Å². The normalized spacial score (nSPS) is 12.5. The molecule has 0 bridgehead atoms. The van der Waals surface area contributed by atoms with Crippen LogP contribution in [0.5, 0.6) is 5.75 Å². The lowest BCUT2D eigenvalue weighted by atomic mass is 10.0. The lowest BCUT2D eigenvalue weighted by molar-refractivity contribution is 0.0597. The van der Waals surface area contributed by atoms with E-state index in [2.05, 4.69) is 10.1 Å². The maximum Gasteiger partial charge on any atom is 0.341 e. The highest BCUT2D eigenvalue weighted by Gasteiger charge is 2.38. The Labute approximate surface area is 189 Å². The number of rotatable bonds is 4. The lowest BCUT2D eigenvalue weighted by Gasteiger charge is -2.17. The molecule has 33 heavy (non-hydrogen) atoms. The quantitative estimate of drug-likeness (QED) is 0.359. The van der Waals surface area contributed by atoms with E-state index in [1.165, 1.54) is 43.5 Å². The molecule has 3 amide bonds. The molecule has 8 nitrogen and oxygen atoms in total. The molecule has 1 heterocycles. The number of amides is 3. The van der Waals surface area contributed by atoms with Crippen molar-refractivity contribution >= 4 is 35.1 Å². The number of phenols is 1. The summed E-state index contributed by atoms with van der Waals surface area (Å²) in [4.78, 5) is 51.7. The first-order chi connectivity index (χ1) is 15.7. The Morgan fingerprint density at radius 1 is 0.939 bits per heavy atom. The average Bonchev–Trinajstić information content (AvgIpc) is 3.06. The van der Waals surface area contributed by atoms with Crippen LogP contribution in [-0.2, 0) is 4.74 Å². The maximum absolute atomic E-state index is 13.1. The van der Waals surface area contributed by atoms with Gasteiger partial charge in [0.15, 0.2) is 5.75 Å². The number of fused-ring (bicyclic) bond motifs is 1. The predicted octanol–water partition coefficient (Wildman–Crippen LogP) is 3.85. The van der Waals surface area contributed by atoms with E-state index in [0.717, 1.165) is 16.0 Å². The van der Waals surface area contributed by atoms with Gasteiger partial charge < -0.3 is 15.2 Å². The van der Waals surface area contributed by atoms with Gasteiger partial charge in [-0.2, -0.15) is 0 Å². The third-order valence-electron chi connectivity index (χ3n) is 5.66. The Hall–Kier alpha value is -4.46. The van der Waals surface area contributed by atoms with Gasteiger partial charge in [0.1, 0.15) is 5.56 Å². The van der Waals surface area contributed by atoms with Crippen LogP contribution in [-0.4, -0.2) is 35.9 Å². The molecule has 0 unspecified atom stereocenters. The van der Waals surface area contributed by atoms with Gasteiger partial charge in [0, 0.05) is 5.56 Å². The second kappa shape index (κ2) is 8.23. The Morgan fingerprint density at radius 3 is 2.36 bits per heavy atom. The third kappa shape index (κ3) is 3.61. The molecule has 166 valence electrons. The number of anilines is 2. The molecule has 3 aromatic rings. The summed E-state index contributed by atoms with van der Waals surface area (Å²) in [5, 5.41) is 12.8. The van der Waals surface area contributed by atoms with Crippen molar-refractivity contribution in [3.8, 4) is 5.75 Å². The molecular formula is C25H20N2O6. The number of ether oxygens (including phenoxy) is 1. The van der Waals surface area contributed by atoms with E-state index in [1.54, 1.807) is 12.1 Å². The standard InChI is InChI=1S/C25H20N2O6/c1-13-6-4-9-20(14(13)2)27-23(30)16-11-10-15(12-18(16)24(27)31)22(29)26-19-8-5-7-17(21(19)28)25(32)33-3/h4-12,28H,1-3H3,(H,26,29). The summed E-state index contributed by atoms with van der Waals surface area (Å²) in [6.45, 7) is 3.73. The van der Waals surface area contributed by atoms with E-state index in [0.29, 0.717) is 5.69 Å². The van der Waals surface area contributed by atoms with Crippen molar-refractivity contribution < 1.29 is 29.0 Å². The van der Waals surface area contributed by atoms with Crippen molar-refractivity contribution in [3.05, 3.63) is 88.0 Å². The number of para-hydroxylation sites is 1. The fourth-order valence-electron chi connectivity index (χ4n) is 3.69. The molecule has 0 atom stereocenters. The number of hydrogen-bond donors (Lipinski definition) is 2. The van der Waals surface area contributed by atoms with Crippen LogP contribution in [0.1, 0.15) is 52.6 Å². The smallest absolute Gasteiger partial charge is 0.341 e. The van der Waals surface area contributed by atoms with Crippen LogP contribution in [0.2, 0.25) is 0 Å². The number of aryl methyl sites for hydroxylation is 1. The summed E-state index contributed by atoms with van der Waals surface area (Å²) >= 11 is 0. The Kier molecular flexibility index (Phi) is 5.43. The van der Waals surface area contributed by atoms with E-state index in [1.807, 2.05) is 19.9 Å². The summed E-state index contributed by atoms with van der Waals surface area (Å²) < 4.78 is 4.61. The van der Waals surface area contributed by atoms with Gasteiger partial charge in [0.05, 0.1) is 29.6 Å². The number of nitrogens with one attached hydrogen (secondary N) is 1. The summed E-state index contributed by atoms with van der Waals surface area (Å²) in [6, 6.07) is 13.8. The fraction of sp³-hybridized carbons (Fsp3) is 0.120. The Bertz CT molecular complexity index is 1340. The van der Waals surface area contributed by atoms with Crippen molar-refractivity contribution in [2.45, 2.75) is 13.8 Å². The van der Waals surface area contributed by atoms with Crippen molar-refractivity contribution in [1.29, 1.82) is 0 Å². The minimum Gasteiger partial charge on any atom is -0.505 e. The summed E-state index contributed by atoms with van der Waals surface area (Å²) in [7, 11) is 1.18. The molecule has 2 N–H and O–H groups in total. The lowest BCUT2D eigenvalue weighted by Crippen LogP contribution is -2.30. The van der Waals surface area contributed by atoms with Gasteiger partial charge in [-0.05, 0) is 61.4 Å². The van der Waals surface area contributed by atoms with Crippen LogP contribution < -0.4 is 10.2 Å². The minimum atomic E-state index is -0.753. The molecule has 0 radical (unpaired) electrons. The first kappa shape index (κ1) is 21.8. The monoisotopic (exact) mass is 444 g/mol. The molecule has 1 aliphatic rings. The summed E-state index contributed by atoms with van der Waals surface area (Å²) in [6.07, 6.45) is 0.